The Morgan fingerprint density at radius 3 is 2.91 bits per heavy atom. The third kappa shape index (κ3) is 4.40. The van der Waals surface area contributed by atoms with Gasteiger partial charge in [-0.2, -0.15) is 0 Å². The molecular formula is C18H26ClN3O. The number of nitrogens with two attached hydrogens (primary N) is 1. The van der Waals surface area contributed by atoms with Crippen molar-refractivity contribution in [1.82, 2.24) is 10.2 Å². The molecule has 0 spiro atoms. The van der Waals surface area contributed by atoms with E-state index in [9.17, 15) is 0 Å². The summed E-state index contributed by atoms with van der Waals surface area (Å²) in [5.41, 5.74) is 7.83. The van der Waals surface area contributed by atoms with E-state index in [1.54, 1.807) is 0 Å². The fourth-order valence-electron chi connectivity index (χ4n) is 3.48. The van der Waals surface area contributed by atoms with Gasteiger partial charge in [-0.15, -0.1) is 0 Å². The first-order chi connectivity index (χ1) is 11.1. The van der Waals surface area contributed by atoms with Crippen LogP contribution in [0, 0.1) is 5.92 Å². The van der Waals surface area contributed by atoms with Gasteiger partial charge in [-0.05, 0) is 17.9 Å². The smallest absolute Gasteiger partial charge is 0.132 e. The molecule has 4 nitrogen and oxygen atoms in total. The number of rotatable bonds is 7. The lowest BCUT2D eigenvalue weighted by atomic mass is 10.0. The Morgan fingerprint density at radius 1 is 1.39 bits per heavy atom. The molecule has 2 aliphatic heterocycles. The Morgan fingerprint density at radius 2 is 2.17 bits per heavy atom. The summed E-state index contributed by atoms with van der Waals surface area (Å²) in [5, 5.41) is 3.07. The third-order valence-corrected chi connectivity index (χ3v) is 4.74. The molecule has 23 heavy (non-hydrogen) atoms. The highest BCUT2D eigenvalue weighted by molar-refractivity contribution is 6.19. The summed E-state index contributed by atoms with van der Waals surface area (Å²) in [6, 6.07) is 10.6. The van der Waals surface area contributed by atoms with E-state index in [1.165, 1.54) is 17.0 Å². The summed E-state index contributed by atoms with van der Waals surface area (Å²) >= 11 is 5.73. The standard InChI is InChI=1S/C18H26ClN3O/c1-13(11-21-18(19)20)9-15-10-16-17(23-15)7-8-22(16)12-14-5-3-2-4-6-14/h2-6,13,15,18,21H,7-12,20H2,1H3. The van der Waals surface area contributed by atoms with Crippen LogP contribution in [0.3, 0.4) is 0 Å². The summed E-state index contributed by atoms with van der Waals surface area (Å²) in [7, 11) is 0. The average molecular weight is 336 g/mol. The maximum absolute atomic E-state index is 6.18. The molecule has 0 saturated heterocycles. The van der Waals surface area contributed by atoms with Crippen molar-refractivity contribution in [2.45, 2.75) is 44.5 Å². The van der Waals surface area contributed by atoms with Crippen LogP contribution < -0.4 is 11.1 Å². The molecule has 1 aromatic rings. The normalized spacial score (nSPS) is 22.9. The van der Waals surface area contributed by atoms with Gasteiger partial charge in [0.1, 0.15) is 17.5 Å². The fraction of sp³-hybridized carbons (Fsp3) is 0.556. The molecule has 3 atom stereocenters. The van der Waals surface area contributed by atoms with E-state index in [4.69, 9.17) is 22.1 Å². The van der Waals surface area contributed by atoms with E-state index in [0.29, 0.717) is 12.0 Å². The van der Waals surface area contributed by atoms with Gasteiger partial charge in [0.25, 0.3) is 0 Å². The number of hydrogen-bond donors (Lipinski definition) is 2. The lowest BCUT2D eigenvalue weighted by molar-refractivity contribution is 0.110. The highest BCUT2D eigenvalue weighted by Crippen LogP contribution is 2.38. The predicted octanol–water partition coefficient (Wildman–Crippen LogP) is 2.99. The summed E-state index contributed by atoms with van der Waals surface area (Å²) in [5.74, 6) is 1.70. The molecule has 3 N–H and O–H groups in total. The minimum Gasteiger partial charge on any atom is -0.492 e. The second kappa shape index (κ2) is 7.56. The van der Waals surface area contributed by atoms with Crippen molar-refractivity contribution in [2.24, 2.45) is 11.7 Å². The van der Waals surface area contributed by atoms with Crippen molar-refractivity contribution in [1.29, 1.82) is 0 Å². The van der Waals surface area contributed by atoms with Gasteiger partial charge in [0.05, 0.1) is 5.70 Å². The Bertz CT molecular complexity index is 546. The van der Waals surface area contributed by atoms with Crippen LogP contribution in [0.1, 0.15) is 31.7 Å². The first kappa shape index (κ1) is 16.6. The molecule has 2 heterocycles. The predicted molar refractivity (Wildman–Crippen MR) is 93.6 cm³/mol. The van der Waals surface area contributed by atoms with E-state index in [1.807, 2.05) is 0 Å². The maximum Gasteiger partial charge on any atom is 0.132 e. The van der Waals surface area contributed by atoms with E-state index in [-0.39, 0.29) is 0 Å². The van der Waals surface area contributed by atoms with Crippen molar-refractivity contribution < 1.29 is 4.74 Å². The van der Waals surface area contributed by atoms with Crippen LogP contribution in [0.25, 0.3) is 0 Å². The van der Waals surface area contributed by atoms with Gasteiger partial charge in [0, 0.05) is 32.5 Å². The lowest BCUT2D eigenvalue weighted by Crippen LogP contribution is -2.35. The molecule has 0 bridgehead atoms. The molecule has 2 aliphatic rings. The molecule has 0 aliphatic carbocycles. The monoisotopic (exact) mass is 335 g/mol. The van der Waals surface area contributed by atoms with Crippen LogP contribution in [-0.2, 0) is 11.3 Å². The van der Waals surface area contributed by atoms with Crippen LogP contribution in [0.15, 0.2) is 41.8 Å². The van der Waals surface area contributed by atoms with Crippen LogP contribution >= 0.6 is 11.6 Å². The van der Waals surface area contributed by atoms with E-state index in [2.05, 4.69) is 47.5 Å². The maximum atomic E-state index is 6.18. The summed E-state index contributed by atoms with van der Waals surface area (Å²) < 4.78 is 6.18. The molecule has 0 aromatic heterocycles. The second-order valence-corrected chi connectivity index (χ2v) is 7.09. The number of halogens is 1. The van der Waals surface area contributed by atoms with Gasteiger partial charge in [-0.1, -0.05) is 48.9 Å². The zero-order valence-electron chi connectivity index (χ0n) is 13.7. The van der Waals surface area contributed by atoms with E-state index in [0.717, 1.165) is 38.9 Å². The Kier molecular flexibility index (Phi) is 5.46. The van der Waals surface area contributed by atoms with Crippen molar-refractivity contribution in [3.8, 4) is 0 Å². The van der Waals surface area contributed by atoms with Gasteiger partial charge in [0.15, 0.2) is 0 Å². The van der Waals surface area contributed by atoms with Crippen molar-refractivity contribution in [2.75, 3.05) is 13.1 Å². The van der Waals surface area contributed by atoms with Crippen LogP contribution in [0.5, 0.6) is 0 Å². The topological polar surface area (TPSA) is 50.5 Å². The molecule has 126 valence electrons. The highest BCUT2D eigenvalue weighted by atomic mass is 35.5. The highest BCUT2D eigenvalue weighted by Gasteiger charge is 2.34. The largest absolute Gasteiger partial charge is 0.492 e. The van der Waals surface area contributed by atoms with E-state index < -0.39 is 5.62 Å². The van der Waals surface area contributed by atoms with Crippen LogP contribution in [-0.4, -0.2) is 29.7 Å². The first-order valence-electron chi connectivity index (χ1n) is 8.42. The number of hydrogen-bond acceptors (Lipinski definition) is 4. The third-order valence-electron chi connectivity index (χ3n) is 4.59. The summed E-state index contributed by atoms with van der Waals surface area (Å²) in [6.07, 6.45) is 3.39. The molecule has 0 amide bonds. The van der Waals surface area contributed by atoms with Gasteiger partial charge in [0.2, 0.25) is 0 Å². The zero-order chi connectivity index (χ0) is 16.2. The molecule has 0 fully saturated rings. The quantitative estimate of drug-likeness (QED) is 0.457. The number of ether oxygens (including phenoxy) is 1. The van der Waals surface area contributed by atoms with Crippen LogP contribution in [0.4, 0.5) is 0 Å². The Hall–Kier alpha value is -1.23. The van der Waals surface area contributed by atoms with Gasteiger partial charge in [-0.3, -0.25) is 5.32 Å². The average Bonchev–Trinajstić information content (AvgIpc) is 3.08. The number of benzene rings is 1. The number of alkyl halides is 1. The lowest BCUT2D eigenvalue weighted by Gasteiger charge is -2.23. The summed E-state index contributed by atoms with van der Waals surface area (Å²) in [4.78, 5) is 2.47. The molecular weight excluding hydrogens is 310 g/mol. The molecule has 1 aromatic carbocycles. The number of nitrogens with one attached hydrogen (secondary N) is 1. The molecule has 3 rings (SSSR count). The van der Waals surface area contributed by atoms with Gasteiger partial charge in [-0.25, -0.2) is 0 Å². The SMILES string of the molecule is CC(CNC(N)Cl)CC1CC2=C(CCN2Cc2ccccc2)O1. The van der Waals surface area contributed by atoms with Crippen molar-refractivity contribution >= 4 is 11.6 Å². The Balaban J connectivity index is 1.50. The van der Waals surface area contributed by atoms with Gasteiger partial charge >= 0.3 is 0 Å². The summed E-state index contributed by atoms with van der Waals surface area (Å²) in [6.45, 7) is 5.09. The molecule has 5 heteroatoms. The van der Waals surface area contributed by atoms with Crippen molar-refractivity contribution in [3.63, 3.8) is 0 Å². The molecule has 0 saturated carbocycles. The zero-order valence-corrected chi connectivity index (χ0v) is 14.4. The molecule has 3 unspecified atom stereocenters. The van der Waals surface area contributed by atoms with Crippen molar-refractivity contribution in [3.05, 3.63) is 47.4 Å². The Labute approximate surface area is 143 Å². The van der Waals surface area contributed by atoms with E-state index >= 15 is 0 Å². The van der Waals surface area contributed by atoms with Gasteiger partial charge < -0.3 is 15.4 Å². The first-order valence-corrected chi connectivity index (χ1v) is 8.86. The fourth-order valence-corrected chi connectivity index (χ4v) is 3.57. The van der Waals surface area contributed by atoms with Crippen LogP contribution in [0.2, 0.25) is 0 Å². The molecule has 0 radical (unpaired) electrons. The number of nitrogens with zero attached hydrogens (tertiary/aromatic N) is 1. The minimum absolute atomic E-state index is 0.293. The minimum atomic E-state index is -0.466. The second-order valence-electron chi connectivity index (χ2n) is 6.62.